The van der Waals surface area contributed by atoms with Gasteiger partial charge in [0.1, 0.15) is 11.4 Å². The molecule has 0 saturated carbocycles. The van der Waals surface area contributed by atoms with E-state index in [-0.39, 0.29) is 5.75 Å². The van der Waals surface area contributed by atoms with Crippen LogP contribution in [0.15, 0.2) is 60.9 Å². The van der Waals surface area contributed by atoms with Crippen molar-refractivity contribution in [2.75, 3.05) is 5.32 Å². The number of rotatable bonds is 4. The van der Waals surface area contributed by atoms with Crippen LogP contribution in [0.2, 0.25) is 0 Å². The van der Waals surface area contributed by atoms with Crippen LogP contribution >= 0.6 is 0 Å². The van der Waals surface area contributed by atoms with Crippen LogP contribution in [0.1, 0.15) is 11.4 Å². The average Bonchev–Trinajstić information content (AvgIpc) is 3.03. The molecule has 0 radical (unpaired) electrons. The van der Waals surface area contributed by atoms with Gasteiger partial charge in [0, 0.05) is 29.5 Å². The van der Waals surface area contributed by atoms with Crippen LogP contribution in [0.3, 0.4) is 0 Å². The lowest BCUT2D eigenvalue weighted by molar-refractivity contribution is 0.464. The molecule has 0 atom stereocenters. The average molecular weight is 279 g/mol. The van der Waals surface area contributed by atoms with Gasteiger partial charge in [-0.25, -0.2) is 0 Å². The predicted octanol–water partition coefficient (Wildman–Crippen LogP) is 3.50. The minimum atomic E-state index is 0.217. The van der Waals surface area contributed by atoms with Crippen LogP contribution in [0.5, 0.6) is 5.75 Å². The van der Waals surface area contributed by atoms with Gasteiger partial charge in [0.05, 0.1) is 6.54 Å². The van der Waals surface area contributed by atoms with Gasteiger partial charge in [-0.15, -0.1) is 0 Å². The van der Waals surface area contributed by atoms with Gasteiger partial charge >= 0.3 is 0 Å². The molecule has 2 aromatic heterocycles. The van der Waals surface area contributed by atoms with E-state index in [2.05, 4.69) is 16.4 Å². The molecule has 2 heterocycles. The molecule has 0 aliphatic rings. The van der Waals surface area contributed by atoms with Crippen molar-refractivity contribution in [2.45, 2.75) is 13.5 Å². The summed E-state index contributed by atoms with van der Waals surface area (Å²) in [7, 11) is 0. The molecule has 4 heteroatoms. The van der Waals surface area contributed by atoms with Gasteiger partial charge in [-0.3, -0.25) is 4.98 Å². The van der Waals surface area contributed by atoms with Crippen molar-refractivity contribution < 1.29 is 5.11 Å². The van der Waals surface area contributed by atoms with Gasteiger partial charge in [0.2, 0.25) is 0 Å². The second-order valence-electron chi connectivity index (χ2n) is 4.91. The second kappa shape index (κ2) is 5.71. The normalized spacial score (nSPS) is 10.5. The van der Waals surface area contributed by atoms with E-state index in [9.17, 15) is 5.11 Å². The first kappa shape index (κ1) is 13.2. The molecule has 3 rings (SSSR count). The van der Waals surface area contributed by atoms with Crippen LogP contribution < -0.4 is 5.32 Å². The largest absolute Gasteiger partial charge is 0.506 e. The molecule has 21 heavy (non-hydrogen) atoms. The van der Waals surface area contributed by atoms with Crippen LogP contribution in [-0.4, -0.2) is 14.7 Å². The minimum absolute atomic E-state index is 0.217. The van der Waals surface area contributed by atoms with Crippen molar-refractivity contribution in [3.63, 3.8) is 0 Å². The van der Waals surface area contributed by atoms with E-state index in [1.165, 1.54) is 0 Å². The Hall–Kier alpha value is -2.75. The molecule has 4 nitrogen and oxygen atoms in total. The Morgan fingerprint density at radius 1 is 1.10 bits per heavy atom. The van der Waals surface area contributed by atoms with Crippen molar-refractivity contribution in [1.82, 2.24) is 9.55 Å². The Morgan fingerprint density at radius 3 is 2.71 bits per heavy atom. The quantitative estimate of drug-likeness (QED) is 0.768. The summed E-state index contributed by atoms with van der Waals surface area (Å²) in [5, 5.41) is 13.1. The molecule has 106 valence electrons. The lowest BCUT2D eigenvalue weighted by atomic mass is 10.2. The number of nitrogens with one attached hydrogen (secondary N) is 1. The maximum Gasteiger partial charge on any atom is 0.138 e. The molecule has 0 saturated heterocycles. The van der Waals surface area contributed by atoms with E-state index in [1.54, 1.807) is 12.1 Å². The fraction of sp³-hybridized carbons (Fsp3) is 0.118. The molecule has 0 aliphatic heterocycles. The van der Waals surface area contributed by atoms with Gasteiger partial charge in [-0.1, -0.05) is 6.07 Å². The number of aromatic hydroxyl groups is 1. The number of nitrogens with zero attached hydrogens (tertiary/aromatic N) is 2. The number of pyridine rings is 1. The van der Waals surface area contributed by atoms with E-state index in [1.807, 2.05) is 54.2 Å². The molecule has 0 spiro atoms. The smallest absolute Gasteiger partial charge is 0.138 e. The molecule has 0 unspecified atom stereocenters. The molecule has 0 bridgehead atoms. The monoisotopic (exact) mass is 279 g/mol. The van der Waals surface area contributed by atoms with E-state index in [0.29, 0.717) is 12.2 Å². The molecule has 1 aromatic carbocycles. The van der Waals surface area contributed by atoms with Crippen LogP contribution in [0.25, 0.3) is 5.69 Å². The minimum Gasteiger partial charge on any atom is -0.506 e. The van der Waals surface area contributed by atoms with Gasteiger partial charge in [-0.2, -0.15) is 0 Å². The fourth-order valence-electron chi connectivity index (χ4n) is 2.20. The van der Waals surface area contributed by atoms with Gasteiger partial charge in [0.25, 0.3) is 0 Å². The fourth-order valence-corrected chi connectivity index (χ4v) is 2.20. The summed E-state index contributed by atoms with van der Waals surface area (Å²) in [6.45, 7) is 2.40. The first-order chi connectivity index (χ1) is 10.2. The lowest BCUT2D eigenvalue weighted by Crippen LogP contribution is -2.03. The second-order valence-corrected chi connectivity index (χ2v) is 4.91. The molecule has 2 N–H and O–H groups in total. The SMILES string of the molecule is Cc1ccc(O)c(CNc2cccc(-n3cccc3)c2)n1. The third-order valence-electron chi connectivity index (χ3n) is 3.30. The zero-order chi connectivity index (χ0) is 14.7. The summed E-state index contributed by atoms with van der Waals surface area (Å²) in [6.07, 6.45) is 4.01. The molecule has 0 fully saturated rings. The highest BCUT2D eigenvalue weighted by Crippen LogP contribution is 2.19. The van der Waals surface area contributed by atoms with Crippen molar-refractivity contribution in [3.8, 4) is 11.4 Å². The summed E-state index contributed by atoms with van der Waals surface area (Å²) in [6, 6.07) is 15.6. The number of anilines is 1. The first-order valence-corrected chi connectivity index (χ1v) is 6.85. The Morgan fingerprint density at radius 2 is 1.90 bits per heavy atom. The number of hydrogen-bond acceptors (Lipinski definition) is 3. The van der Waals surface area contributed by atoms with E-state index in [4.69, 9.17) is 0 Å². The number of hydrogen-bond donors (Lipinski definition) is 2. The highest BCUT2D eigenvalue weighted by Gasteiger charge is 2.03. The third kappa shape index (κ3) is 3.05. The summed E-state index contributed by atoms with van der Waals surface area (Å²) in [4.78, 5) is 4.34. The Labute approximate surface area is 123 Å². The van der Waals surface area contributed by atoms with Crippen LogP contribution in [0.4, 0.5) is 5.69 Å². The highest BCUT2D eigenvalue weighted by atomic mass is 16.3. The Balaban J connectivity index is 1.76. The van der Waals surface area contributed by atoms with Crippen LogP contribution in [0, 0.1) is 6.92 Å². The third-order valence-corrected chi connectivity index (χ3v) is 3.30. The predicted molar refractivity (Wildman–Crippen MR) is 83.7 cm³/mol. The molecule has 3 aromatic rings. The summed E-state index contributed by atoms with van der Waals surface area (Å²) in [5.41, 5.74) is 3.63. The summed E-state index contributed by atoms with van der Waals surface area (Å²) < 4.78 is 2.05. The Kier molecular flexibility index (Phi) is 3.60. The van der Waals surface area contributed by atoms with Gasteiger partial charge in [-0.05, 0) is 49.4 Å². The van der Waals surface area contributed by atoms with Crippen molar-refractivity contribution >= 4 is 5.69 Å². The van der Waals surface area contributed by atoms with E-state index in [0.717, 1.165) is 17.1 Å². The van der Waals surface area contributed by atoms with E-state index >= 15 is 0 Å². The summed E-state index contributed by atoms with van der Waals surface area (Å²) >= 11 is 0. The van der Waals surface area contributed by atoms with E-state index < -0.39 is 0 Å². The van der Waals surface area contributed by atoms with Gasteiger partial charge < -0.3 is 15.0 Å². The first-order valence-electron chi connectivity index (χ1n) is 6.85. The maximum absolute atomic E-state index is 9.81. The summed E-state index contributed by atoms with van der Waals surface area (Å²) in [5.74, 6) is 0.217. The van der Waals surface area contributed by atoms with Crippen molar-refractivity contribution in [2.24, 2.45) is 0 Å². The Bertz CT molecular complexity index is 736. The molecular formula is C17H17N3O. The van der Waals surface area contributed by atoms with Crippen molar-refractivity contribution in [3.05, 3.63) is 72.3 Å². The lowest BCUT2D eigenvalue weighted by Gasteiger charge is -2.10. The zero-order valence-electron chi connectivity index (χ0n) is 11.8. The number of aromatic nitrogens is 2. The zero-order valence-corrected chi connectivity index (χ0v) is 11.8. The standard InChI is InChI=1S/C17H17N3O/c1-13-7-8-17(21)16(19-13)12-18-14-5-4-6-15(11-14)20-9-2-3-10-20/h2-11,18,21H,12H2,1H3. The van der Waals surface area contributed by atoms with Crippen LogP contribution in [-0.2, 0) is 6.54 Å². The topological polar surface area (TPSA) is 50.1 Å². The number of benzene rings is 1. The number of aryl methyl sites for hydroxylation is 1. The molecule has 0 aliphatic carbocycles. The van der Waals surface area contributed by atoms with Gasteiger partial charge in [0.15, 0.2) is 0 Å². The highest BCUT2D eigenvalue weighted by molar-refractivity contribution is 5.51. The maximum atomic E-state index is 9.81. The molecular weight excluding hydrogens is 262 g/mol. The van der Waals surface area contributed by atoms with Crippen molar-refractivity contribution in [1.29, 1.82) is 0 Å². The molecule has 0 amide bonds.